The second-order valence-electron chi connectivity index (χ2n) is 4.77. The number of hydrogen-bond donors (Lipinski definition) is 1. The predicted octanol–water partition coefficient (Wildman–Crippen LogP) is 4.02. The lowest BCUT2D eigenvalue weighted by Crippen LogP contribution is -2.03. The number of hydrogen-bond acceptors (Lipinski definition) is 3. The fourth-order valence-electron chi connectivity index (χ4n) is 2.28. The summed E-state index contributed by atoms with van der Waals surface area (Å²) in [4.78, 5) is 11.3. The minimum atomic E-state index is -1.09. The number of furan rings is 1. The van der Waals surface area contributed by atoms with Crippen LogP contribution in [0.2, 0.25) is 0 Å². The first-order valence-electron chi connectivity index (χ1n) is 6.59. The van der Waals surface area contributed by atoms with Crippen molar-refractivity contribution in [3.63, 3.8) is 0 Å². The summed E-state index contributed by atoms with van der Waals surface area (Å²) in [6.45, 7) is 2.10. The van der Waals surface area contributed by atoms with Gasteiger partial charge in [0.2, 0.25) is 5.76 Å². The molecule has 0 aliphatic heterocycles. The van der Waals surface area contributed by atoms with Crippen molar-refractivity contribution < 1.29 is 19.1 Å². The molecule has 4 heteroatoms. The Kier molecular flexibility index (Phi) is 3.36. The molecule has 0 unspecified atom stereocenters. The first-order chi connectivity index (χ1) is 10.2. The first kappa shape index (κ1) is 13.2. The molecule has 4 nitrogen and oxygen atoms in total. The molecule has 0 radical (unpaired) electrons. The molecule has 0 saturated carbocycles. The van der Waals surface area contributed by atoms with E-state index < -0.39 is 5.97 Å². The molecule has 21 heavy (non-hydrogen) atoms. The van der Waals surface area contributed by atoms with Gasteiger partial charge in [-0.3, -0.25) is 0 Å². The summed E-state index contributed by atoms with van der Waals surface area (Å²) in [5.41, 5.74) is 2.11. The van der Waals surface area contributed by atoms with Crippen molar-refractivity contribution >= 4 is 16.9 Å². The molecule has 0 aliphatic carbocycles. The molecule has 1 aromatic heterocycles. The Bertz CT molecular complexity index is 801. The van der Waals surface area contributed by atoms with Crippen molar-refractivity contribution in [2.24, 2.45) is 0 Å². The van der Waals surface area contributed by atoms with E-state index in [2.05, 4.69) is 0 Å². The smallest absolute Gasteiger partial charge is 0.372 e. The Morgan fingerprint density at radius 1 is 1.14 bits per heavy atom. The summed E-state index contributed by atoms with van der Waals surface area (Å²) in [7, 11) is 0. The minimum Gasteiger partial charge on any atom is -0.488 e. The number of ether oxygens (including phenoxy) is 1. The van der Waals surface area contributed by atoms with Crippen LogP contribution in [0.25, 0.3) is 11.0 Å². The Balaban J connectivity index is 1.98. The Hall–Kier alpha value is -2.75. The van der Waals surface area contributed by atoms with E-state index >= 15 is 0 Å². The van der Waals surface area contributed by atoms with Crippen LogP contribution in [0.3, 0.4) is 0 Å². The Morgan fingerprint density at radius 3 is 2.62 bits per heavy atom. The summed E-state index contributed by atoms with van der Waals surface area (Å²) in [6, 6.07) is 14.9. The molecule has 0 amide bonds. The maximum atomic E-state index is 11.3. The summed E-state index contributed by atoms with van der Waals surface area (Å²) in [5, 5.41) is 10.0. The van der Waals surface area contributed by atoms with Crippen LogP contribution < -0.4 is 4.74 Å². The molecule has 3 aromatic rings. The van der Waals surface area contributed by atoms with E-state index in [4.69, 9.17) is 9.15 Å². The largest absolute Gasteiger partial charge is 0.488 e. The number of aromatic carboxylic acids is 1. The van der Waals surface area contributed by atoms with Gasteiger partial charge in [-0.25, -0.2) is 4.79 Å². The van der Waals surface area contributed by atoms with E-state index in [1.807, 2.05) is 49.4 Å². The molecular formula is C17H14O4. The van der Waals surface area contributed by atoms with Gasteiger partial charge in [-0.05, 0) is 24.6 Å². The van der Waals surface area contributed by atoms with E-state index in [-0.39, 0.29) is 12.4 Å². The molecule has 0 saturated heterocycles. The van der Waals surface area contributed by atoms with Crippen LogP contribution in [0.5, 0.6) is 5.75 Å². The number of carboxylic acid groups (broad SMARTS) is 1. The lowest BCUT2D eigenvalue weighted by atomic mass is 10.1. The average Bonchev–Trinajstić information content (AvgIpc) is 2.85. The second-order valence-corrected chi connectivity index (χ2v) is 4.77. The highest BCUT2D eigenvalue weighted by Crippen LogP contribution is 2.28. The quantitative estimate of drug-likeness (QED) is 0.785. The SMILES string of the molecule is Cc1ccccc1OCc1c(C(=O)O)oc2ccccc12. The zero-order valence-electron chi connectivity index (χ0n) is 11.5. The van der Waals surface area contributed by atoms with E-state index in [1.165, 1.54) is 0 Å². The molecule has 0 atom stereocenters. The normalized spacial score (nSPS) is 10.7. The fourth-order valence-corrected chi connectivity index (χ4v) is 2.28. The number of rotatable bonds is 4. The molecule has 2 aromatic carbocycles. The highest BCUT2D eigenvalue weighted by atomic mass is 16.5. The van der Waals surface area contributed by atoms with Crippen LogP contribution in [-0.4, -0.2) is 11.1 Å². The lowest BCUT2D eigenvalue weighted by Gasteiger charge is -2.08. The zero-order valence-corrected chi connectivity index (χ0v) is 11.5. The van der Waals surface area contributed by atoms with E-state index in [1.54, 1.807) is 6.07 Å². The molecule has 0 spiro atoms. The van der Waals surface area contributed by atoms with Crippen molar-refractivity contribution in [1.29, 1.82) is 0 Å². The van der Waals surface area contributed by atoms with Gasteiger partial charge in [-0.1, -0.05) is 36.4 Å². The standard InChI is InChI=1S/C17H14O4/c1-11-6-2-4-8-14(11)20-10-13-12-7-3-5-9-15(12)21-16(13)17(18)19/h2-9H,10H2,1H3,(H,18,19). The van der Waals surface area contributed by atoms with Crippen LogP contribution in [0.15, 0.2) is 52.9 Å². The third-order valence-corrected chi connectivity index (χ3v) is 3.36. The van der Waals surface area contributed by atoms with Gasteiger partial charge >= 0.3 is 5.97 Å². The predicted molar refractivity (Wildman–Crippen MR) is 78.7 cm³/mol. The number of benzene rings is 2. The molecule has 1 N–H and O–H groups in total. The summed E-state index contributed by atoms with van der Waals surface area (Å²) in [6.07, 6.45) is 0. The number of para-hydroxylation sites is 2. The van der Waals surface area contributed by atoms with Crippen molar-refractivity contribution in [1.82, 2.24) is 0 Å². The molecule has 1 heterocycles. The van der Waals surface area contributed by atoms with Gasteiger partial charge in [0, 0.05) is 5.39 Å². The monoisotopic (exact) mass is 282 g/mol. The summed E-state index contributed by atoms with van der Waals surface area (Å²) in [5.74, 6) is -0.418. The van der Waals surface area contributed by atoms with E-state index in [0.717, 1.165) is 16.7 Å². The minimum absolute atomic E-state index is 0.0650. The first-order valence-corrected chi connectivity index (χ1v) is 6.59. The third kappa shape index (κ3) is 2.48. The highest BCUT2D eigenvalue weighted by Gasteiger charge is 2.20. The number of carboxylic acids is 1. The van der Waals surface area contributed by atoms with Gasteiger partial charge < -0.3 is 14.3 Å². The molecule has 0 bridgehead atoms. The zero-order chi connectivity index (χ0) is 14.8. The lowest BCUT2D eigenvalue weighted by molar-refractivity contribution is 0.0661. The maximum absolute atomic E-state index is 11.3. The Morgan fingerprint density at radius 2 is 1.86 bits per heavy atom. The molecule has 0 fully saturated rings. The highest BCUT2D eigenvalue weighted by molar-refractivity contribution is 5.95. The van der Waals surface area contributed by atoms with Crippen molar-refractivity contribution in [2.75, 3.05) is 0 Å². The fraction of sp³-hybridized carbons (Fsp3) is 0.118. The number of aryl methyl sites for hydroxylation is 1. The maximum Gasteiger partial charge on any atom is 0.372 e. The van der Waals surface area contributed by atoms with Crippen LogP contribution in [0, 0.1) is 6.92 Å². The van der Waals surface area contributed by atoms with Gasteiger partial charge in [0.05, 0.1) is 5.56 Å². The topological polar surface area (TPSA) is 59.7 Å². The van der Waals surface area contributed by atoms with Gasteiger partial charge in [-0.2, -0.15) is 0 Å². The van der Waals surface area contributed by atoms with Crippen molar-refractivity contribution in [3.05, 3.63) is 65.4 Å². The Labute approximate surface area is 121 Å². The second kappa shape index (κ2) is 5.32. The van der Waals surface area contributed by atoms with Gasteiger partial charge in [0.25, 0.3) is 0 Å². The van der Waals surface area contributed by atoms with Gasteiger partial charge in [-0.15, -0.1) is 0 Å². The average molecular weight is 282 g/mol. The molecule has 3 rings (SSSR count). The van der Waals surface area contributed by atoms with Crippen molar-refractivity contribution in [2.45, 2.75) is 13.5 Å². The van der Waals surface area contributed by atoms with Crippen molar-refractivity contribution in [3.8, 4) is 5.75 Å². The summed E-state index contributed by atoms with van der Waals surface area (Å²) < 4.78 is 11.2. The molecular weight excluding hydrogens is 268 g/mol. The number of carbonyl (C=O) groups is 1. The molecule has 106 valence electrons. The van der Waals surface area contributed by atoms with Crippen LogP contribution in [-0.2, 0) is 6.61 Å². The third-order valence-electron chi connectivity index (χ3n) is 3.36. The number of fused-ring (bicyclic) bond motifs is 1. The van der Waals surface area contributed by atoms with Crippen LogP contribution in [0.4, 0.5) is 0 Å². The van der Waals surface area contributed by atoms with E-state index in [0.29, 0.717) is 11.1 Å². The van der Waals surface area contributed by atoms with Gasteiger partial charge in [0.1, 0.15) is 17.9 Å². The van der Waals surface area contributed by atoms with Crippen LogP contribution in [0.1, 0.15) is 21.7 Å². The van der Waals surface area contributed by atoms with E-state index in [9.17, 15) is 9.90 Å². The van der Waals surface area contributed by atoms with Gasteiger partial charge in [0.15, 0.2) is 0 Å². The summed E-state index contributed by atoms with van der Waals surface area (Å²) >= 11 is 0. The molecule has 0 aliphatic rings. The van der Waals surface area contributed by atoms with Crippen LogP contribution >= 0.6 is 0 Å².